The molecule has 0 unspecified atom stereocenters. The number of hydrogen-bond acceptors (Lipinski definition) is 9. The van der Waals surface area contributed by atoms with Crippen molar-refractivity contribution < 1.29 is 13.9 Å². The molecule has 0 bridgehead atoms. The topological polar surface area (TPSA) is 113 Å². The number of oxazole rings is 1. The van der Waals surface area contributed by atoms with Gasteiger partial charge in [0.25, 0.3) is 5.91 Å². The zero-order chi connectivity index (χ0) is 26.6. The summed E-state index contributed by atoms with van der Waals surface area (Å²) in [4.78, 5) is 29.2. The molecular formula is C27H31N5O4S2. The molecule has 1 aromatic carbocycles. The number of ether oxygens (including phenoxy) is 1. The normalized spacial score (nSPS) is 17.4. The SMILES string of the molecule is CN(C)CCn1c(=O)oc2ccc(-c3cc4sc(C[C@@H](C#N)NC(=O)[C@@H]5CNCCCCO5)cc4s3)cc21. The molecule has 1 aliphatic rings. The van der Waals surface area contributed by atoms with E-state index in [0.29, 0.717) is 31.7 Å². The Morgan fingerprint density at radius 3 is 2.89 bits per heavy atom. The van der Waals surface area contributed by atoms with E-state index in [-0.39, 0.29) is 11.7 Å². The Balaban J connectivity index is 1.29. The maximum Gasteiger partial charge on any atom is 0.419 e. The summed E-state index contributed by atoms with van der Waals surface area (Å²) in [6.07, 6.45) is 1.82. The summed E-state index contributed by atoms with van der Waals surface area (Å²) in [5, 5.41) is 15.8. The van der Waals surface area contributed by atoms with Gasteiger partial charge in [0.1, 0.15) is 12.1 Å². The molecule has 0 radical (unpaired) electrons. The molecule has 2 atom stereocenters. The minimum Gasteiger partial charge on any atom is -0.408 e. The first-order valence-corrected chi connectivity index (χ1v) is 14.4. The van der Waals surface area contributed by atoms with E-state index in [9.17, 15) is 14.9 Å². The molecule has 38 heavy (non-hydrogen) atoms. The standard InChI is InChI=1S/C27H31N5O4S2/c1-31(2)8-9-32-20-11-17(5-6-21(20)36-27(32)34)23-14-25-24(38-23)13-19(37-25)12-18(15-28)30-26(33)22-16-29-7-3-4-10-35-22/h5-6,11,13-14,18,22,29H,3-4,7-10,12,16H2,1-2H3,(H,30,33)/t18-,22-/m0/s1. The van der Waals surface area contributed by atoms with Crippen molar-refractivity contribution in [3.8, 4) is 16.5 Å². The lowest BCUT2D eigenvalue weighted by atomic mass is 10.1. The van der Waals surface area contributed by atoms with Gasteiger partial charge in [-0.05, 0) is 69.4 Å². The van der Waals surface area contributed by atoms with E-state index in [2.05, 4.69) is 28.8 Å². The maximum absolute atomic E-state index is 12.7. The van der Waals surface area contributed by atoms with Crippen molar-refractivity contribution in [1.82, 2.24) is 20.1 Å². The van der Waals surface area contributed by atoms with Gasteiger partial charge in [0.2, 0.25) is 0 Å². The van der Waals surface area contributed by atoms with Crippen molar-refractivity contribution in [2.45, 2.75) is 38.0 Å². The van der Waals surface area contributed by atoms with Crippen LogP contribution in [0.25, 0.3) is 30.9 Å². The molecule has 11 heteroatoms. The van der Waals surface area contributed by atoms with Gasteiger partial charge in [-0.15, -0.1) is 22.7 Å². The Bertz CT molecular complexity index is 1490. The largest absolute Gasteiger partial charge is 0.419 e. The van der Waals surface area contributed by atoms with Crippen LogP contribution in [-0.2, 0) is 22.5 Å². The minimum absolute atomic E-state index is 0.245. The van der Waals surface area contributed by atoms with E-state index in [1.54, 1.807) is 27.2 Å². The summed E-state index contributed by atoms with van der Waals surface area (Å²) in [7, 11) is 3.95. The van der Waals surface area contributed by atoms with Crippen LogP contribution < -0.4 is 16.4 Å². The summed E-state index contributed by atoms with van der Waals surface area (Å²) >= 11 is 3.30. The van der Waals surface area contributed by atoms with Crippen LogP contribution in [0.4, 0.5) is 0 Å². The monoisotopic (exact) mass is 553 g/mol. The van der Waals surface area contributed by atoms with Crippen LogP contribution >= 0.6 is 22.7 Å². The Morgan fingerprint density at radius 1 is 1.26 bits per heavy atom. The molecule has 2 N–H and O–H groups in total. The van der Waals surface area contributed by atoms with Crippen LogP contribution in [0.5, 0.6) is 0 Å². The highest BCUT2D eigenvalue weighted by atomic mass is 32.1. The zero-order valence-electron chi connectivity index (χ0n) is 21.5. The van der Waals surface area contributed by atoms with E-state index in [1.165, 1.54) is 0 Å². The first kappa shape index (κ1) is 26.6. The van der Waals surface area contributed by atoms with Gasteiger partial charge in [0, 0.05) is 51.8 Å². The number of carbonyl (C=O) groups excluding carboxylic acids is 1. The minimum atomic E-state index is -0.619. The Kier molecular flexibility index (Phi) is 8.26. The number of nitriles is 1. The van der Waals surface area contributed by atoms with Crippen molar-refractivity contribution in [1.29, 1.82) is 5.26 Å². The van der Waals surface area contributed by atoms with Crippen LogP contribution in [-0.4, -0.2) is 67.9 Å². The number of hydrogen-bond donors (Lipinski definition) is 2. The lowest BCUT2D eigenvalue weighted by molar-refractivity contribution is -0.133. The van der Waals surface area contributed by atoms with E-state index in [1.807, 2.05) is 37.2 Å². The average Bonchev–Trinajstić information content (AvgIpc) is 3.52. The van der Waals surface area contributed by atoms with Crippen LogP contribution in [0.1, 0.15) is 17.7 Å². The number of amides is 1. The van der Waals surface area contributed by atoms with Crippen molar-refractivity contribution in [3.05, 3.63) is 45.8 Å². The third-order valence-electron chi connectivity index (χ3n) is 6.55. The van der Waals surface area contributed by atoms with Crippen LogP contribution in [0.15, 0.2) is 39.5 Å². The van der Waals surface area contributed by atoms with Gasteiger partial charge >= 0.3 is 5.76 Å². The van der Waals surface area contributed by atoms with Gasteiger partial charge in [-0.25, -0.2) is 4.79 Å². The molecule has 1 saturated heterocycles. The van der Waals surface area contributed by atoms with E-state index in [0.717, 1.165) is 56.2 Å². The molecule has 4 aromatic rings. The highest BCUT2D eigenvalue weighted by Gasteiger charge is 2.23. The van der Waals surface area contributed by atoms with E-state index >= 15 is 0 Å². The third-order valence-corrected chi connectivity index (χ3v) is 8.91. The first-order chi connectivity index (χ1) is 18.4. The predicted octanol–water partition coefficient (Wildman–Crippen LogP) is 3.42. The van der Waals surface area contributed by atoms with Gasteiger partial charge in [0.15, 0.2) is 5.58 Å². The van der Waals surface area contributed by atoms with Crippen LogP contribution in [0.2, 0.25) is 0 Å². The highest BCUT2D eigenvalue weighted by Crippen LogP contribution is 2.39. The number of fused-ring (bicyclic) bond motifs is 2. The molecule has 0 aliphatic carbocycles. The molecule has 0 saturated carbocycles. The highest BCUT2D eigenvalue weighted by molar-refractivity contribution is 7.29. The average molecular weight is 554 g/mol. The van der Waals surface area contributed by atoms with Gasteiger partial charge < -0.3 is 24.7 Å². The van der Waals surface area contributed by atoms with Crippen molar-refractivity contribution in [3.63, 3.8) is 0 Å². The summed E-state index contributed by atoms with van der Waals surface area (Å²) in [6, 6.07) is 11.7. The number of rotatable bonds is 8. The smallest absolute Gasteiger partial charge is 0.408 e. The molecule has 0 spiro atoms. The Hall–Kier alpha value is -3.01. The molecule has 1 amide bonds. The van der Waals surface area contributed by atoms with Gasteiger partial charge in [-0.1, -0.05) is 0 Å². The maximum atomic E-state index is 12.7. The molecule has 9 nitrogen and oxygen atoms in total. The van der Waals surface area contributed by atoms with E-state index < -0.39 is 12.1 Å². The molecule has 3 aromatic heterocycles. The molecule has 1 aliphatic heterocycles. The molecule has 4 heterocycles. The molecular weight excluding hydrogens is 522 g/mol. The Morgan fingerprint density at radius 2 is 2.11 bits per heavy atom. The number of aromatic nitrogens is 1. The van der Waals surface area contributed by atoms with Crippen LogP contribution in [0, 0.1) is 11.3 Å². The number of carbonyl (C=O) groups is 1. The molecule has 200 valence electrons. The van der Waals surface area contributed by atoms with Gasteiger partial charge in [0.05, 0.1) is 11.6 Å². The van der Waals surface area contributed by atoms with Crippen molar-refractivity contribution in [2.75, 3.05) is 40.3 Å². The van der Waals surface area contributed by atoms with Gasteiger partial charge in [-0.3, -0.25) is 9.36 Å². The summed E-state index contributed by atoms with van der Waals surface area (Å²) in [5.41, 5.74) is 2.41. The quantitative estimate of drug-likeness (QED) is 0.344. The number of likely N-dealkylation sites (N-methyl/N-ethyl adjacent to an activating group) is 1. The molecule has 5 rings (SSSR count). The second-order valence-corrected chi connectivity index (χ2v) is 12.0. The fourth-order valence-corrected chi connectivity index (χ4v) is 6.95. The third kappa shape index (κ3) is 6.00. The number of nitrogens with zero attached hydrogens (tertiary/aromatic N) is 3. The summed E-state index contributed by atoms with van der Waals surface area (Å²) in [5.74, 6) is -0.586. The fraction of sp³-hybridized carbons (Fsp3) is 0.444. The second-order valence-electron chi connectivity index (χ2n) is 9.72. The number of benzene rings is 1. The lowest BCUT2D eigenvalue weighted by Gasteiger charge is -2.22. The van der Waals surface area contributed by atoms with Crippen molar-refractivity contribution >= 4 is 49.1 Å². The number of nitrogens with one attached hydrogen (secondary N) is 2. The Labute approximate surface area is 228 Å². The molecule has 1 fully saturated rings. The summed E-state index contributed by atoms with van der Waals surface area (Å²) in [6.45, 7) is 3.19. The van der Waals surface area contributed by atoms with Crippen molar-refractivity contribution in [2.24, 2.45) is 0 Å². The van der Waals surface area contributed by atoms with Crippen LogP contribution in [0.3, 0.4) is 0 Å². The predicted molar refractivity (Wildman–Crippen MR) is 151 cm³/mol. The first-order valence-electron chi connectivity index (χ1n) is 12.7. The summed E-state index contributed by atoms with van der Waals surface area (Å²) < 4.78 is 15.1. The van der Waals surface area contributed by atoms with Gasteiger partial charge in [-0.2, -0.15) is 5.26 Å². The second kappa shape index (κ2) is 11.8. The fourth-order valence-electron chi connectivity index (χ4n) is 4.49. The number of thiophene rings is 2. The lowest BCUT2D eigenvalue weighted by Crippen LogP contribution is -2.47. The zero-order valence-corrected chi connectivity index (χ0v) is 23.1. The van der Waals surface area contributed by atoms with E-state index in [4.69, 9.17) is 9.15 Å².